The van der Waals surface area contributed by atoms with Gasteiger partial charge in [0, 0.05) is 61.9 Å². The molecule has 0 radical (unpaired) electrons. The Hall–Kier alpha value is -3.22. The second-order valence-electron chi connectivity index (χ2n) is 8.71. The van der Waals surface area contributed by atoms with Crippen molar-refractivity contribution in [3.05, 3.63) is 41.5 Å². The number of piperidine rings is 1. The Kier molecular flexibility index (Phi) is 6.71. The number of halogens is 5. The van der Waals surface area contributed by atoms with Crippen LogP contribution >= 0.6 is 0 Å². The molecule has 1 atom stereocenters. The lowest BCUT2D eigenvalue weighted by molar-refractivity contribution is -0.148. The Labute approximate surface area is 197 Å². The van der Waals surface area contributed by atoms with E-state index in [4.69, 9.17) is 5.73 Å². The molecule has 2 aromatic rings. The van der Waals surface area contributed by atoms with Crippen molar-refractivity contribution in [1.82, 2.24) is 24.8 Å². The quantitative estimate of drug-likeness (QED) is 0.635. The number of nitrogens with two attached hydrogens (primary N) is 1. The number of rotatable bonds is 5. The summed E-state index contributed by atoms with van der Waals surface area (Å²) in [5.41, 5.74) is 5.30. The molecule has 2 amide bonds. The van der Waals surface area contributed by atoms with Crippen LogP contribution in [0.4, 0.5) is 22.0 Å². The summed E-state index contributed by atoms with van der Waals surface area (Å²) < 4.78 is 68.4. The smallest absolute Gasteiger partial charge is 0.336 e. The molecule has 2 aliphatic heterocycles. The summed E-state index contributed by atoms with van der Waals surface area (Å²) in [5, 5.41) is 0. The highest BCUT2D eigenvalue weighted by molar-refractivity contribution is 5.78. The Balaban J connectivity index is 1.49. The van der Waals surface area contributed by atoms with Gasteiger partial charge in [-0.3, -0.25) is 14.6 Å². The first-order valence-electron chi connectivity index (χ1n) is 11.0. The summed E-state index contributed by atoms with van der Waals surface area (Å²) in [4.78, 5) is 38.9. The molecule has 8 nitrogen and oxygen atoms in total. The van der Waals surface area contributed by atoms with E-state index in [0.717, 1.165) is 4.90 Å². The van der Waals surface area contributed by atoms with E-state index in [0.29, 0.717) is 5.56 Å². The maximum Gasteiger partial charge on any atom is 0.433 e. The first-order valence-corrected chi connectivity index (χ1v) is 11.0. The van der Waals surface area contributed by atoms with Crippen LogP contribution in [-0.4, -0.2) is 68.2 Å². The predicted octanol–water partition coefficient (Wildman–Crippen LogP) is 2.42. The van der Waals surface area contributed by atoms with Gasteiger partial charge in [0.15, 0.2) is 11.5 Å². The number of likely N-dealkylation sites (tertiary alicyclic amines) is 1. The van der Waals surface area contributed by atoms with E-state index in [2.05, 4.69) is 15.0 Å². The highest BCUT2D eigenvalue weighted by Crippen LogP contribution is 2.35. The zero-order chi connectivity index (χ0) is 25.4. The van der Waals surface area contributed by atoms with Gasteiger partial charge in [-0.2, -0.15) is 13.2 Å². The molecule has 4 rings (SSSR count). The molecule has 2 aromatic heterocycles. The lowest BCUT2D eigenvalue weighted by Gasteiger charge is -2.34. The highest BCUT2D eigenvalue weighted by atomic mass is 19.4. The second kappa shape index (κ2) is 9.44. The van der Waals surface area contributed by atoms with Crippen LogP contribution in [-0.2, 0) is 28.7 Å². The SMILES string of the molecule is N[C@H](CC(=O)N1CCc2c(nc(-c3ccncc3)nc2C(F)(F)F)C1)CN1CC(F)(F)CCC1=O. The first-order chi connectivity index (χ1) is 16.4. The van der Waals surface area contributed by atoms with Gasteiger partial charge < -0.3 is 15.5 Å². The van der Waals surface area contributed by atoms with Gasteiger partial charge in [-0.25, -0.2) is 18.7 Å². The third-order valence-corrected chi connectivity index (χ3v) is 6.00. The molecule has 1 saturated heterocycles. The second-order valence-corrected chi connectivity index (χ2v) is 8.71. The van der Waals surface area contributed by atoms with Crippen LogP contribution in [0.5, 0.6) is 0 Å². The van der Waals surface area contributed by atoms with Gasteiger partial charge >= 0.3 is 6.18 Å². The normalized spacial score (nSPS) is 18.9. The number of aromatic nitrogens is 3. The molecule has 4 heterocycles. The molecule has 0 bridgehead atoms. The fourth-order valence-electron chi connectivity index (χ4n) is 4.27. The minimum Gasteiger partial charge on any atom is -0.336 e. The van der Waals surface area contributed by atoms with Gasteiger partial charge in [-0.1, -0.05) is 0 Å². The maximum atomic E-state index is 13.7. The third kappa shape index (κ3) is 5.72. The average molecular weight is 498 g/mol. The molecule has 0 saturated carbocycles. The summed E-state index contributed by atoms with van der Waals surface area (Å²) >= 11 is 0. The molecule has 0 unspecified atom stereocenters. The molecule has 2 N–H and O–H groups in total. The summed E-state index contributed by atoms with van der Waals surface area (Å²) in [6, 6.07) is 2.07. The largest absolute Gasteiger partial charge is 0.433 e. The summed E-state index contributed by atoms with van der Waals surface area (Å²) in [6.45, 7) is -1.14. The van der Waals surface area contributed by atoms with E-state index in [1.165, 1.54) is 29.4 Å². The van der Waals surface area contributed by atoms with Gasteiger partial charge in [0.25, 0.3) is 5.92 Å². The summed E-state index contributed by atoms with van der Waals surface area (Å²) in [7, 11) is 0. The van der Waals surface area contributed by atoms with E-state index in [9.17, 15) is 31.5 Å². The van der Waals surface area contributed by atoms with Crippen molar-refractivity contribution < 1.29 is 31.5 Å². The predicted molar refractivity (Wildman–Crippen MR) is 113 cm³/mol. The molecule has 13 heteroatoms. The Morgan fingerprint density at radius 1 is 1.17 bits per heavy atom. The fraction of sp³-hybridized carbons (Fsp3) is 0.500. The van der Waals surface area contributed by atoms with Crippen molar-refractivity contribution in [3.8, 4) is 11.4 Å². The van der Waals surface area contributed by atoms with Crippen LogP contribution in [0.1, 0.15) is 36.2 Å². The van der Waals surface area contributed by atoms with Crippen molar-refractivity contribution >= 4 is 11.8 Å². The molecular weight excluding hydrogens is 475 g/mol. The maximum absolute atomic E-state index is 13.7. The number of hydrogen-bond acceptors (Lipinski definition) is 6. The molecule has 1 fully saturated rings. The van der Waals surface area contributed by atoms with E-state index in [-0.39, 0.29) is 56.0 Å². The molecular formula is C22H23F5N6O2. The Bertz CT molecular complexity index is 1110. The number of fused-ring (bicyclic) bond motifs is 1. The Morgan fingerprint density at radius 2 is 1.89 bits per heavy atom. The van der Waals surface area contributed by atoms with Gasteiger partial charge in [-0.15, -0.1) is 0 Å². The van der Waals surface area contributed by atoms with Gasteiger partial charge in [0.1, 0.15) is 0 Å². The zero-order valence-corrected chi connectivity index (χ0v) is 18.6. The van der Waals surface area contributed by atoms with Crippen LogP contribution in [0.15, 0.2) is 24.5 Å². The van der Waals surface area contributed by atoms with Gasteiger partial charge in [0.05, 0.1) is 18.8 Å². The summed E-state index contributed by atoms with van der Waals surface area (Å²) in [6.07, 6.45) is -3.05. The standard InChI is InChI=1S/C22H23F5N6O2/c23-21(24)5-1-17(34)33(12-21)10-14(28)9-18(35)32-8-4-15-16(11-32)30-20(13-2-6-29-7-3-13)31-19(15)22(25,26)27/h2-3,6-7,14H,1,4-5,8-12,28H2/t14-/m1/s1. The molecule has 0 aromatic carbocycles. The van der Waals surface area contributed by atoms with Crippen LogP contribution in [0.2, 0.25) is 0 Å². The molecule has 0 spiro atoms. The lowest BCUT2D eigenvalue weighted by Crippen LogP contribution is -2.51. The highest BCUT2D eigenvalue weighted by Gasteiger charge is 2.41. The molecule has 2 aliphatic rings. The van der Waals surface area contributed by atoms with Crippen molar-refractivity contribution in [2.75, 3.05) is 19.6 Å². The van der Waals surface area contributed by atoms with Crippen LogP contribution < -0.4 is 5.73 Å². The van der Waals surface area contributed by atoms with E-state index in [1.54, 1.807) is 0 Å². The topological polar surface area (TPSA) is 105 Å². The molecule has 0 aliphatic carbocycles. The van der Waals surface area contributed by atoms with Crippen LogP contribution in [0.3, 0.4) is 0 Å². The zero-order valence-electron chi connectivity index (χ0n) is 18.6. The number of amides is 2. The van der Waals surface area contributed by atoms with Crippen molar-refractivity contribution in [2.24, 2.45) is 5.73 Å². The van der Waals surface area contributed by atoms with Crippen LogP contribution in [0, 0.1) is 0 Å². The third-order valence-electron chi connectivity index (χ3n) is 6.00. The number of alkyl halides is 5. The molecule has 35 heavy (non-hydrogen) atoms. The summed E-state index contributed by atoms with van der Waals surface area (Å²) in [5.74, 6) is -4.05. The fourth-order valence-corrected chi connectivity index (χ4v) is 4.27. The number of carbonyl (C=O) groups excluding carboxylic acids is 2. The van der Waals surface area contributed by atoms with Crippen molar-refractivity contribution in [2.45, 2.75) is 50.4 Å². The average Bonchev–Trinajstić information content (AvgIpc) is 2.80. The number of pyridine rings is 1. The van der Waals surface area contributed by atoms with E-state index < -0.39 is 48.6 Å². The monoisotopic (exact) mass is 498 g/mol. The number of carbonyl (C=O) groups is 2. The lowest BCUT2D eigenvalue weighted by atomic mass is 10.0. The number of nitrogens with zero attached hydrogens (tertiary/aromatic N) is 5. The minimum absolute atomic E-state index is 0.000310. The molecule has 188 valence electrons. The van der Waals surface area contributed by atoms with Gasteiger partial charge in [-0.05, 0) is 18.6 Å². The van der Waals surface area contributed by atoms with Crippen LogP contribution in [0.25, 0.3) is 11.4 Å². The van der Waals surface area contributed by atoms with E-state index in [1.807, 2.05) is 0 Å². The Morgan fingerprint density at radius 3 is 2.57 bits per heavy atom. The first kappa shape index (κ1) is 24.9. The number of hydrogen-bond donors (Lipinski definition) is 1. The van der Waals surface area contributed by atoms with Crippen molar-refractivity contribution in [3.63, 3.8) is 0 Å². The van der Waals surface area contributed by atoms with E-state index >= 15 is 0 Å². The van der Waals surface area contributed by atoms with Crippen molar-refractivity contribution in [1.29, 1.82) is 0 Å². The minimum atomic E-state index is -4.70. The van der Waals surface area contributed by atoms with Gasteiger partial charge in [0.2, 0.25) is 11.8 Å².